The molecule has 106 valence electrons. The largest absolute Gasteiger partial charge is 0.507 e. The predicted molar refractivity (Wildman–Crippen MR) is 69.2 cm³/mol. The molecule has 1 aromatic heterocycles. The number of carbonyl (C=O) groups is 3. The van der Waals surface area contributed by atoms with Crippen molar-refractivity contribution in [2.24, 2.45) is 0 Å². The fourth-order valence-corrected chi connectivity index (χ4v) is 2.50. The molecule has 6 nitrogen and oxygen atoms in total. The Morgan fingerprint density at radius 3 is 2.85 bits per heavy atom. The van der Waals surface area contributed by atoms with Crippen LogP contribution in [0.1, 0.15) is 11.3 Å². The van der Waals surface area contributed by atoms with Gasteiger partial charge in [0.2, 0.25) is 0 Å². The minimum Gasteiger partial charge on any atom is -0.507 e. The van der Waals surface area contributed by atoms with E-state index in [9.17, 15) is 19.5 Å². The molecule has 1 aliphatic rings. The van der Waals surface area contributed by atoms with E-state index >= 15 is 0 Å². The predicted octanol–water partition coefficient (Wildman–Crippen LogP) is 1.16. The average molecular weight is 296 g/mol. The topological polar surface area (TPSA) is 89.9 Å². The van der Waals surface area contributed by atoms with E-state index in [4.69, 9.17) is 4.74 Å². The van der Waals surface area contributed by atoms with Crippen molar-refractivity contribution >= 4 is 29.1 Å². The van der Waals surface area contributed by atoms with Crippen molar-refractivity contribution in [1.82, 2.24) is 0 Å². The first kappa shape index (κ1) is 14.3. The van der Waals surface area contributed by atoms with Gasteiger partial charge in [0.1, 0.15) is 5.57 Å². The lowest BCUT2D eigenvalue weighted by Gasteiger charge is -2.07. The zero-order valence-electron chi connectivity index (χ0n) is 10.6. The minimum atomic E-state index is -1.14. The third-order valence-corrected chi connectivity index (χ3v) is 3.66. The van der Waals surface area contributed by atoms with E-state index in [0.29, 0.717) is 0 Å². The fourth-order valence-electron chi connectivity index (χ4n) is 1.80. The second-order valence-electron chi connectivity index (χ2n) is 4.11. The number of ketones is 1. The minimum absolute atomic E-state index is 0.0110. The highest BCUT2D eigenvalue weighted by atomic mass is 32.1. The highest BCUT2D eigenvalue weighted by molar-refractivity contribution is 7.10. The molecule has 0 saturated carbocycles. The Morgan fingerprint density at radius 1 is 1.50 bits per heavy atom. The van der Waals surface area contributed by atoms with E-state index in [-0.39, 0.29) is 18.4 Å². The SMILES string of the molecule is COC(=O)CC1OC(=O)C(C(=O)Cc2cccs2)=C1O. The maximum Gasteiger partial charge on any atom is 0.346 e. The molecular weight excluding hydrogens is 284 g/mol. The maximum atomic E-state index is 12.0. The van der Waals surface area contributed by atoms with Crippen molar-refractivity contribution < 1.29 is 29.0 Å². The Balaban J connectivity index is 2.14. The molecule has 0 fully saturated rings. The number of ether oxygens (including phenoxy) is 2. The summed E-state index contributed by atoms with van der Waals surface area (Å²) in [5.41, 5.74) is -0.382. The molecule has 0 aliphatic carbocycles. The molecule has 1 aromatic rings. The van der Waals surface area contributed by atoms with Crippen molar-refractivity contribution in [1.29, 1.82) is 0 Å². The molecule has 0 saturated heterocycles. The van der Waals surface area contributed by atoms with Gasteiger partial charge in [0.05, 0.1) is 13.5 Å². The van der Waals surface area contributed by atoms with Gasteiger partial charge in [-0.3, -0.25) is 9.59 Å². The van der Waals surface area contributed by atoms with E-state index < -0.39 is 29.6 Å². The van der Waals surface area contributed by atoms with Crippen LogP contribution in [-0.4, -0.2) is 36.0 Å². The number of hydrogen-bond donors (Lipinski definition) is 1. The zero-order chi connectivity index (χ0) is 14.7. The number of Topliss-reactive ketones (excluding diaryl/α,β-unsaturated/α-hetero) is 1. The molecule has 0 aromatic carbocycles. The van der Waals surface area contributed by atoms with Crippen LogP contribution in [0, 0.1) is 0 Å². The number of rotatable bonds is 5. The molecular formula is C13H12O6S. The Hall–Kier alpha value is -2.15. The summed E-state index contributed by atoms with van der Waals surface area (Å²) in [7, 11) is 1.18. The van der Waals surface area contributed by atoms with Gasteiger partial charge in [0.25, 0.3) is 0 Å². The Labute approximate surface area is 118 Å². The quantitative estimate of drug-likeness (QED) is 0.648. The second-order valence-corrected chi connectivity index (χ2v) is 5.15. The molecule has 1 aliphatic heterocycles. The number of hydrogen-bond acceptors (Lipinski definition) is 7. The van der Waals surface area contributed by atoms with Crippen LogP contribution in [0.15, 0.2) is 28.8 Å². The normalized spacial score (nSPS) is 18.1. The molecule has 1 atom stereocenters. The summed E-state index contributed by atoms with van der Waals surface area (Å²) in [5, 5.41) is 11.7. The van der Waals surface area contributed by atoms with Gasteiger partial charge in [-0.25, -0.2) is 4.79 Å². The van der Waals surface area contributed by atoms with Crippen molar-refractivity contribution in [3.05, 3.63) is 33.7 Å². The lowest BCUT2D eigenvalue weighted by molar-refractivity contribution is -0.147. The van der Waals surface area contributed by atoms with Gasteiger partial charge in [0, 0.05) is 11.3 Å². The molecule has 0 amide bonds. The van der Waals surface area contributed by atoms with Crippen LogP contribution in [0.3, 0.4) is 0 Å². The van der Waals surface area contributed by atoms with Crippen LogP contribution in [0.2, 0.25) is 0 Å². The van der Waals surface area contributed by atoms with Crippen LogP contribution >= 0.6 is 11.3 Å². The Morgan fingerprint density at radius 2 is 2.25 bits per heavy atom. The van der Waals surface area contributed by atoms with Crippen molar-refractivity contribution in [3.8, 4) is 0 Å². The van der Waals surface area contributed by atoms with E-state index in [1.54, 1.807) is 12.1 Å². The monoisotopic (exact) mass is 296 g/mol. The van der Waals surface area contributed by atoms with Crippen molar-refractivity contribution in [2.45, 2.75) is 18.9 Å². The molecule has 7 heteroatoms. The maximum absolute atomic E-state index is 12.0. The van der Waals surface area contributed by atoms with Crippen LogP contribution in [0.5, 0.6) is 0 Å². The van der Waals surface area contributed by atoms with Crippen molar-refractivity contribution in [2.75, 3.05) is 7.11 Å². The van der Waals surface area contributed by atoms with Gasteiger partial charge in [-0.15, -0.1) is 11.3 Å². The van der Waals surface area contributed by atoms with Crippen LogP contribution in [0.25, 0.3) is 0 Å². The van der Waals surface area contributed by atoms with Gasteiger partial charge < -0.3 is 14.6 Å². The molecule has 0 spiro atoms. The van der Waals surface area contributed by atoms with E-state index in [0.717, 1.165) is 4.88 Å². The first-order chi connectivity index (χ1) is 9.52. The second kappa shape index (κ2) is 5.87. The highest BCUT2D eigenvalue weighted by Crippen LogP contribution is 2.25. The summed E-state index contributed by atoms with van der Waals surface area (Å²) >= 11 is 1.38. The van der Waals surface area contributed by atoms with E-state index in [1.165, 1.54) is 18.4 Å². The molecule has 1 unspecified atom stereocenters. The molecule has 1 N–H and O–H groups in total. The number of carbonyl (C=O) groups excluding carboxylic acids is 3. The van der Waals surface area contributed by atoms with Gasteiger partial charge in [-0.05, 0) is 11.4 Å². The third kappa shape index (κ3) is 2.88. The van der Waals surface area contributed by atoms with Crippen LogP contribution in [-0.2, 0) is 30.3 Å². The Kier molecular flexibility index (Phi) is 4.19. The first-order valence-corrected chi connectivity index (χ1v) is 6.67. The molecule has 0 radical (unpaired) electrons. The lowest BCUT2D eigenvalue weighted by Crippen LogP contribution is -2.17. The standard InChI is InChI=1S/C13H12O6S/c1-18-10(15)6-9-12(16)11(13(17)19-9)8(14)5-7-3-2-4-20-7/h2-4,9,16H,5-6H2,1H3. The molecule has 2 heterocycles. The molecule has 20 heavy (non-hydrogen) atoms. The Bertz CT molecular complexity index is 572. The number of aliphatic hydroxyl groups excluding tert-OH is 1. The highest BCUT2D eigenvalue weighted by Gasteiger charge is 2.39. The summed E-state index contributed by atoms with van der Waals surface area (Å²) < 4.78 is 9.25. The number of cyclic esters (lactones) is 1. The molecule has 0 bridgehead atoms. The smallest absolute Gasteiger partial charge is 0.346 e. The number of aliphatic hydroxyl groups is 1. The number of esters is 2. The third-order valence-electron chi connectivity index (χ3n) is 2.79. The van der Waals surface area contributed by atoms with E-state index in [2.05, 4.69) is 4.74 Å². The number of methoxy groups -OCH3 is 1. The van der Waals surface area contributed by atoms with Crippen LogP contribution in [0.4, 0.5) is 0 Å². The molecule has 2 rings (SSSR count). The summed E-state index contributed by atoms with van der Waals surface area (Å²) in [6.07, 6.45) is -1.45. The van der Waals surface area contributed by atoms with Gasteiger partial charge in [-0.2, -0.15) is 0 Å². The van der Waals surface area contributed by atoms with Gasteiger partial charge in [-0.1, -0.05) is 6.07 Å². The van der Waals surface area contributed by atoms with Crippen LogP contribution < -0.4 is 0 Å². The van der Waals surface area contributed by atoms with Gasteiger partial charge in [0.15, 0.2) is 17.6 Å². The average Bonchev–Trinajstić information content (AvgIpc) is 2.98. The van der Waals surface area contributed by atoms with Gasteiger partial charge >= 0.3 is 11.9 Å². The first-order valence-electron chi connectivity index (χ1n) is 5.79. The fraction of sp³-hybridized carbons (Fsp3) is 0.308. The summed E-state index contributed by atoms with van der Waals surface area (Å²) in [6.45, 7) is 0. The summed E-state index contributed by atoms with van der Waals surface area (Å²) in [4.78, 5) is 35.5. The van der Waals surface area contributed by atoms with Crippen molar-refractivity contribution in [3.63, 3.8) is 0 Å². The zero-order valence-corrected chi connectivity index (χ0v) is 11.4. The lowest BCUT2D eigenvalue weighted by atomic mass is 10.1. The van der Waals surface area contributed by atoms with E-state index in [1.807, 2.05) is 5.38 Å². The summed E-state index contributed by atoms with van der Waals surface area (Å²) in [6, 6.07) is 3.54. The summed E-state index contributed by atoms with van der Waals surface area (Å²) in [5.74, 6) is -2.57. The number of thiophene rings is 1.